The van der Waals surface area contributed by atoms with Crippen molar-refractivity contribution in [3.05, 3.63) is 33.9 Å². The molecule has 0 spiro atoms. The average Bonchev–Trinajstić information content (AvgIpc) is 2.45. The normalized spacial score (nSPS) is 10.7. The van der Waals surface area contributed by atoms with Gasteiger partial charge in [-0.1, -0.05) is 0 Å². The summed E-state index contributed by atoms with van der Waals surface area (Å²) in [5.74, 6) is -0.149. The fraction of sp³-hybridized carbons (Fsp3) is 0. The van der Waals surface area contributed by atoms with Crippen LogP contribution in [0.1, 0.15) is 0 Å². The van der Waals surface area contributed by atoms with Crippen molar-refractivity contribution in [3.8, 4) is 0 Å². The van der Waals surface area contributed by atoms with Crippen LogP contribution in [0.15, 0.2) is 28.1 Å². The van der Waals surface area contributed by atoms with E-state index >= 15 is 0 Å². The smallest absolute Gasteiger partial charge is 0.131 e. The molecule has 0 aliphatic heterocycles. The van der Waals surface area contributed by atoms with E-state index in [2.05, 4.69) is 15.9 Å². The minimum atomic E-state index is -0.149. The van der Waals surface area contributed by atoms with Gasteiger partial charge >= 0.3 is 0 Å². The van der Waals surface area contributed by atoms with Gasteiger partial charge in [-0.3, -0.25) is 0 Å². The number of halogens is 2. The summed E-state index contributed by atoms with van der Waals surface area (Å²) in [5.41, 5.74) is 0. The summed E-state index contributed by atoms with van der Waals surface area (Å²) in [5, 5.41) is 2.59. The van der Waals surface area contributed by atoms with Crippen LogP contribution in [0.4, 0.5) is 4.39 Å². The molecule has 11 heavy (non-hydrogen) atoms. The molecule has 0 unspecified atom stereocenters. The van der Waals surface area contributed by atoms with Crippen LogP contribution in [0, 0.1) is 5.82 Å². The van der Waals surface area contributed by atoms with Crippen LogP contribution in [0.5, 0.6) is 0 Å². The Labute approximate surface area is 75.8 Å². The van der Waals surface area contributed by atoms with Gasteiger partial charge < -0.3 is 0 Å². The maximum absolute atomic E-state index is 13.0. The number of thiophene rings is 1. The summed E-state index contributed by atoms with van der Waals surface area (Å²) in [7, 11) is 0. The molecular weight excluding hydrogens is 227 g/mol. The lowest BCUT2D eigenvalue weighted by atomic mass is 10.2. The minimum Gasteiger partial charge on any atom is -0.206 e. The second-order valence-corrected chi connectivity index (χ2v) is 3.96. The minimum absolute atomic E-state index is 0.149. The molecule has 56 valence electrons. The van der Waals surface area contributed by atoms with Gasteiger partial charge in [0, 0.05) is 9.86 Å². The molecule has 3 heteroatoms. The SMILES string of the molecule is Fc1ccc(Br)c2sccc12. The Morgan fingerprint density at radius 3 is 2.82 bits per heavy atom. The van der Waals surface area contributed by atoms with Crippen LogP contribution in [0.25, 0.3) is 10.1 Å². The first kappa shape index (κ1) is 7.25. The molecule has 0 aliphatic carbocycles. The van der Waals surface area contributed by atoms with Gasteiger partial charge in [0.05, 0.1) is 4.70 Å². The highest BCUT2D eigenvalue weighted by Crippen LogP contribution is 2.30. The summed E-state index contributed by atoms with van der Waals surface area (Å²) in [4.78, 5) is 0. The second-order valence-electron chi connectivity index (χ2n) is 2.19. The third-order valence-corrected chi connectivity index (χ3v) is 3.39. The summed E-state index contributed by atoms with van der Waals surface area (Å²) in [6, 6.07) is 4.99. The maximum Gasteiger partial charge on any atom is 0.131 e. The van der Waals surface area contributed by atoms with E-state index in [1.54, 1.807) is 23.5 Å². The lowest BCUT2D eigenvalue weighted by molar-refractivity contribution is 0.640. The Kier molecular flexibility index (Phi) is 1.69. The fourth-order valence-electron chi connectivity index (χ4n) is 0.994. The molecule has 2 rings (SSSR count). The van der Waals surface area contributed by atoms with Crippen molar-refractivity contribution in [2.45, 2.75) is 0 Å². The molecule has 0 saturated carbocycles. The van der Waals surface area contributed by atoms with Gasteiger partial charge in [-0.05, 0) is 39.5 Å². The monoisotopic (exact) mass is 230 g/mol. The first-order valence-corrected chi connectivity index (χ1v) is 4.77. The first-order valence-electron chi connectivity index (χ1n) is 3.10. The number of hydrogen-bond donors (Lipinski definition) is 0. The van der Waals surface area contributed by atoms with E-state index in [1.165, 1.54) is 6.07 Å². The van der Waals surface area contributed by atoms with Gasteiger partial charge in [-0.15, -0.1) is 11.3 Å². The van der Waals surface area contributed by atoms with E-state index in [9.17, 15) is 4.39 Å². The molecule has 0 aliphatic rings. The van der Waals surface area contributed by atoms with Crippen molar-refractivity contribution in [2.24, 2.45) is 0 Å². The molecule has 1 heterocycles. The molecular formula is C8H4BrFS. The highest BCUT2D eigenvalue weighted by molar-refractivity contribution is 9.10. The van der Waals surface area contributed by atoms with Crippen LogP contribution < -0.4 is 0 Å². The average molecular weight is 231 g/mol. The van der Waals surface area contributed by atoms with Gasteiger partial charge in [0.1, 0.15) is 5.82 Å². The zero-order valence-corrected chi connectivity index (χ0v) is 7.88. The number of benzene rings is 1. The summed E-state index contributed by atoms with van der Waals surface area (Å²) < 4.78 is 14.9. The molecule has 0 nitrogen and oxygen atoms in total. The highest BCUT2D eigenvalue weighted by atomic mass is 79.9. The Hall–Kier alpha value is -0.410. The maximum atomic E-state index is 13.0. The summed E-state index contributed by atoms with van der Waals surface area (Å²) in [6.45, 7) is 0. The molecule has 2 aromatic rings. The first-order chi connectivity index (χ1) is 5.29. The van der Waals surface area contributed by atoms with Crippen molar-refractivity contribution < 1.29 is 4.39 Å². The van der Waals surface area contributed by atoms with E-state index in [4.69, 9.17) is 0 Å². The predicted octanol–water partition coefficient (Wildman–Crippen LogP) is 3.80. The molecule has 0 amide bonds. The van der Waals surface area contributed by atoms with E-state index < -0.39 is 0 Å². The molecule has 0 radical (unpaired) electrons. The van der Waals surface area contributed by atoms with E-state index in [-0.39, 0.29) is 5.82 Å². The van der Waals surface area contributed by atoms with Gasteiger partial charge in [0.2, 0.25) is 0 Å². The highest BCUT2D eigenvalue weighted by Gasteiger charge is 2.03. The Balaban J connectivity index is 2.96. The lowest BCUT2D eigenvalue weighted by Gasteiger charge is -1.93. The molecule has 0 saturated heterocycles. The van der Waals surface area contributed by atoms with Crippen molar-refractivity contribution in [1.82, 2.24) is 0 Å². The van der Waals surface area contributed by atoms with E-state index in [1.807, 2.05) is 5.38 Å². The summed E-state index contributed by atoms with van der Waals surface area (Å²) >= 11 is 4.90. The molecule has 1 aromatic heterocycles. The van der Waals surface area contributed by atoms with Gasteiger partial charge in [-0.2, -0.15) is 0 Å². The van der Waals surface area contributed by atoms with Crippen molar-refractivity contribution in [1.29, 1.82) is 0 Å². The van der Waals surface area contributed by atoms with Crippen LogP contribution in [0.3, 0.4) is 0 Å². The van der Waals surface area contributed by atoms with Crippen molar-refractivity contribution in [2.75, 3.05) is 0 Å². The van der Waals surface area contributed by atoms with Crippen molar-refractivity contribution >= 4 is 37.4 Å². The third-order valence-electron chi connectivity index (χ3n) is 1.52. The van der Waals surface area contributed by atoms with Crippen LogP contribution in [0.2, 0.25) is 0 Å². The Morgan fingerprint density at radius 2 is 2.09 bits per heavy atom. The fourth-order valence-corrected chi connectivity index (χ4v) is 2.43. The van der Waals surface area contributed by atoms with Crippen molar-refractivity contribution in [3.63, 3.8) is 0 Å². The largest absolute Gasteiger partial charge is 0.206 e. The lowest BCUT2D eigenvalue weighted by Crippen LogP contribution is -1.73. The standard InChI is InChI=1S/C8H4BrFS/c9-6-1-2-7(10)5-3-4-11-8(5)6/h1-4H. The van der Waals surface area contributed by atoms with Crippen LogP contribution in [-0.4, -0.2) is 0 Å². The van der Waals surface area contributed by atoms with E-state index in [0.717, 1.165) is 9.17 Å². The van der Waals surface area contributed by atoms with Gasteiger partial charge in [0.25, 0.3) is 0 Å². The zero-order valence-electron chi connectivity index (χ0n) is 5.47. The van der Waals surface area contributed by atoms with Gasteiger partial charge in [-0.25, -0.2) is 4.39 Å². The van der Waals surface area contributed by atoms with E-state index in [0.29, 0.717) is 5.39 Å². The molecule has 0 fully saturated rings. The molecule has 0 atom stereocenters. The van der Waals surface area contributed by atoms with Gasteiger partial charge in [0.15, 0.2) is 0 Å². The zero-order chi connectivity index (χ0) is 7.84. The molecule has 0 N–H and O–H groups in total. The topological polar surface area (TPSA) is 0 Å². The molecule has 0 bridgehead atoms. The van der Waals surface area contributed by atoms with Crippen LogP contribution in [-0.2, 0) is 0 Å². The number of rotatable bonds is 0. The predicted molar refractivity (Wildman–Crippen MR) is 49.5 cm³/mol. The second kappa shape index (κ2) is 2.57. The Bertz CT molecular complexity index is 358. The Morgan fingerprint density at radius 1 is 1.27 bits per heavy atom. The number of fused-ring (bicyclic) bond motifs is 1. The third kappa shape index (κ3) is 1.08. The molecule has 1 aromatic carbocycles. The quantitative estimate of drug-likeness (QED) is 0.646. The van der Waals surface area contributed by atoms with Crippen LogP contribution >= 0.6 is 27.3 Å². The summed E-state index contributed by atoms with van der Waals surface area (Å²) in [6.07, 6.45) is 0. The number of hydrogen-bond acceptors (Lipinski definition) is 1.